The number of rotatable bonds is 5. The molecule has 100 valence electrons. The van der Waals surface area contributed by atoms with Crippen molar-refractivity contribution >= 4 is 17.2 Å². The fourth-order valence-corrected chi connectivity index (χ4v) is 1.84. The summed E-state index contributed by atoms with van der Waals surface area (Å²) in [6.45, 7) is 2.97. The van der Waals surface area contributed by atoms with Crippen molar-refractivity contribution in [3.63, 3.8) is 0 Å². The lowest BCUT2D eigenvalue weighted by atomic mass is 10.2. The van der Waals surface area contributed by atoms with Crippen molar-refractivity contribution in [2.45, 2.75) is 13.3 Å². The molecule has 0 amide bonds. The van der Waals surface area contributed by atoms with Gasteiger partial charge in [0, 0.05) is 31.5 Å². The highest BCUT2D eigenvalue weighted by Crippen LogP contribution is 2.26. The van der Waals surface area contributed by atoms with Crippen LogP contribution in [-0.4, -0.2) is 18.6 Å². The van der Waals surface area contributed by atoms with E-state index in [9.17, 15) is 4.39 Å². The minimum absolute atomic E-state index is 0.232. The molecule has 2 aromatic rings. The minimum Gasteiger partial charge on any atom is -0.370 e. The van der Waals surface area contributed by atoms with E-state index in [1.807, 2.05) is 30.1 Å². The summed E-state index contributed by atoms with van der Waals surface area (Å²) in [5.41, 5.74) is 1.45. The number of halogens is 1. The summed E-state index contributed by atoms with van der Waals surface area (Å²) in [6, 6.07) is 10.5. The van der Waals surface area contributed by atoms with E-state index in [1.54, 1.807) is 18.3 Å². The third kappa shape index (κ3) is 3.22. The van der Waals surface area contributed by atoms with Crippen LogP contribution in [-0.2, 0) is 0 Å². The quantitative estimate of drug-likeness (QED) is 0.885. The van der Waals surface area contributed by atoms with Gasteiger partial charge in [-0.1, -0.05) is 19.1 Å². The van der Waals surface area contributed by atoms with Crippen molar-refractivity contribution in [1.29, 1.82) is 0 Å². The van der Waals surface area contributed by atoms with Crippen LogP contribution in [0, 0.1) is 5.82 Å². The SMILES string of the molecule is CCCNc1cc(N(C)c2ccccc2F)ccn1. The Morgan fingerprint density at radius 2 is 2.05 bits per heavy atom. The first kappa shape index (κ1) is 13.3. The molecule has 4 heteroatoms. The Labute approximate surface area is 113 Å². The zero-order chi connectivity index (χ0) is 13.7. The molecule has 0 fully saturated rings. The smallest absolute Gasteiger partial charge is 0.146 e. The summed E-state index contributed by atoms with van der Waals surface area (Å²) < 4.78 is 13.8. The van der Waals surface area contributed by atoms with Gasteiger partial charge in [-0.25, -0.2) is 9.37 Å². The first-order valence-electron chi connectivity index (χ1n) is 6.40. The average molecular weight is 259 g/mol. The standard InChI is InChI=1S/C15H18FN3/c1-3-9-17-15-11-12(8-10-18-15)19(2)14-7-5-4-6-13(14)16/h4-8,10-11H,3,9H2,1-2H3,(H,17,18). The molecule has 1 aromatic carbocycles. The molecule has 0 aliphatic carbocycles. The second-order valence-electron chi connectivity index (χ2n) is 4.34. The molecule has 0 saturated carbocycles. The Kier molecular flexibility index (Phi) is 4.34. The molecular formula is C15H18FN3. The zero-order valence-electron chi connectivity index (χ0n) is 11.2. The Hall–Kier alpha value is -2.10. The molecule has 1 heterocycles. The predicted octanol–water partition coefficient (Wildman–Crippen LogP) is 3.81. The van der Waals surface area contributed by atoms with Crippen LogP contribution in [0.15, 0.2) is 42.6 Å². The second-order valence-corrected chi connectivity index (χ2v) is 4.34. The van der Waals surface area contributed by atoms with Gasteiger partial charge in [0.2, 0.25) is 0 Å². The van der Waals surface area contributed by atoms with E-state index in [-0.39, 0.29) is 5.82 Å². The number of aromatic nitrogens is 1. The van der Waals surface area contributed by atoms with Crippen molar-refractivity contribution in [2.75, 3.05) is 23.8 Å². The monoisotopic (exact) mass is 259 g/mol. The van der Waals surface area contributed by atoms with Gasteiger partial charge in [-0.2, -0.15) is 0 Å². The summed E-state index contributed by atoms with van der Waals surface area (Å²) >= 11 is 0. The molecule has 0 radical (unpaired) electrons. The van der Waals surface area contributed by atoms with Crippen LogP contribution in [0.4, 0.5) is 21.6 Å². The van der Waals surface area contributed by atoms with E-state index in [4.69, 9.17) is 0 Å². The maximum atomic E-state index is 13.8. The van der Waals surface area contributed by atoms with Gasteiger partial charge in [-0.05, 0) is 24.6 Å². The first-order chi connectivity index (χ1) is 9.22. The van der Waals surface area contributed by atoms with E-state index in [2.05, 4.69) is 17.2 Å². The normalized spacial score (nSPS) is 10.3. The summed E-state index contributed by atoms with van der Waals surface area (Å²) in [5.74, 6) is 0.576. The molecule has 0 aliphatic heterocycles. The van der Waals surface area contributed by atoms with Crippen LogP contribution in [0.25, 0.3) is 0 Å². The van der Waals surface area contributed by atoms with Crippen molar-refractivity contribution in [3.8, 4) is 0 Å². The van der Waals surface area contributed by atoms with Crippen LogP contribution in [0.1, 0.15) is 13.3 Å². The molecule has 19 heavy (non-hydrogen) atoms. The van der Waals surface area contributed by atoms with Gasteiger partial charge >= 0.3 is 0 Å². The molecule has 0 spiro atoms. The zero-order valence-corrected chi connectivity index (χ0v) is 11.2. The predicted molar refractivity (Wildman–Crippen MR) is 77.5 cm³/mol. The Bertz CT molecular complexity index is 542. The van der Waals surface area contributed by atoms with Gasteiger partial charge in [0.1, 0.15) is 11.6 Å². The van der Waals surface area contributed by atoms with Gasteiger partial charge in [0.05, 0.1) is 5.69 Å². The van der Waals surface area contributed by atoms with Crippen molar-refractivity contribution in [3.05, 3.63) is 48.4 Å². The topological polar surface area (TPSA) is 28.2 Å². The lowest BCUT2D eigenvalue weighted by molar-refractivity contribution is 0.627. The number of nitrogens with one attached hydrogen (secondary N) is 1. The van der Waals surface area contributed by atoms with E-state index in [0.717, 1.165) is 24.5 Å². The highest BCUT2D eigenvalue weighted by Gasteiger charge is 2.09. The molecule has 0 atom stereocenters. The summed E-state index contributed by atoms with van der Waals surface area (Å²) in [4.78, 5) is 6.06. The van der Waals surface area contributed by atoms with Crippen LogP contribution in [0.5, 0.6) is 0 Å². The van der Waals surface area contributed by atoms with Gasteiger partial charge in [-0.15, -0.1) is 0 Å². The number of hydrogen-bond acceptors (Lipinski definition) is 3. The second kappa shape index (κ2) is 6.18. The van der Waals surface area contributed by atoms with Gasteiger partial charge < -0.3 is 10.2 Å². The Morgan fingerprint density at radius 3 is 2.79 bits per heavy atom. The molecule has 2 rings (SSSR count). The van der Waals surface area contributed by atoms with E-state index < -0.39 is 0 Å². The summed E-state index contributed by atoms with van der Waals surface area (Å²) in [7, 11) is 1.84. The number of pyridine rings is 1. The molecular weight excluding hydrogens is 241 g/mol. The molecule has 1 N–H and O–H groups in total. The van der Waals surface area contributed by atoms with Crippen molar-refractivity contribution < 1.29 is 4.39 Å². The molecule has 0 aliphatic rings. The maximum Gasteiger partial charge on any atom is 0.146 e. The average Bonchev–Trinajstić information content (AvgIpc) is 2.45. The fourth-order valence-electron chi connectivity index (χ4n) is 1.84. The molecule has 0 saturated heterocycles. The van der Waals surface area contributed by atoms with Crippen LogP contribution >= 0.6 is 0 Å². The molecule has 0 unspecified atom stereocenters. The number of benzene rings is 1. The first-order valence-corrected chi connectivity index (χ1v) is 6.40. The van der Waals surface area contributed by atoms with Gasteiger partial charge in [0.15, 0.2) is 0 Å². The number of anilines is 3. The molecule has 1 aromatic heterocycles. The maximum absolute atomic E-state index is 13.8. The van der Waals surface area contributed by atoms with E-state index >= 15 is 0 Å². The lowest BCUT2D eigenvalue weighted by Gasteiger charge is -2.20. The number of hydrogen-bond donors (Lipinski definition) is 1. The number of para-hydroxylation sites is 1. The highest BCUT2D eigenvalue weighted by molar-refractivity contribution is 5.65. The minimum atomic E-state index is -0.232. The van der Waals surface area contributed by atoms with Crippen molar-refractivity contribution in [1.82, 2.24) is 4.98 Å². The fraction of sp³-hybridized carbons (Fsp3) is 0.267. The van der Waals surface area contributed by atoms with Crippen LogP contribution in [0.2, 0.25) is 0 Å². The van der Waals surface area contributed by atoms with E-state index in [1.165, 1.54) is 6.07 Å². The highest BCUT2D eigenvalue weighted by atomic mass is 19.1. The summed E-state index contributed by atoms with van der Waals surface area (Å²) in [5, 5.41) is 3.22. The largest absolute Gasteiger partial charge is 0.370 e. The van der Waals surface area contributed by atoms with Gasteiger partial charge in [-0.3, -0.25) is 0 Å². The Morgan fingerprint density at radius 1 is 1.26 bits per heavy atom. The van der Waals surface area contributed by atoms with Crippen molar-refractivity contribution in [2.24, 2.45) is 0 Å². The summed E-state index contributed by atoms with van der Waals surface area (Å²) in [6.07, 6.45) is 2.76. The van der Waals surface area contributed by atoms with E-state index in [0.29, 0.717) is 5.69 Å². The van der Waals surface area contributed by atoms with Crippen LogP contribution in [0.3, 0.4) is 0 Å². The lowest BCUT2D eigenvalue weighted by Crippen LogP contribution is -2.12. The molecule has 3 nitrogen and oxygen atoms in total. The van der Waals surface area contributed by atoms with Crippen LogP contribution < -0.4 is 10.2 Å². The molecule has 0 bridgehead atoms. The number of nitrogens with zero attached hydrogens (tertiary/aromatic N) is 2. The Balaban J connectivity index is 2.24. The third-order valence-corrected chi connectivity index (χ3v) is 2.90. The van der Waals surface area contributed by atoms with Gasteiger partial charge in [0.25, 0.3) is 0 Å². The third-order valence-electron chi connectivity index (χ3n) is 2.90.